The molecule has 1 aromatic carbocycles. The van der Waals surface area contributed by atoms with E-state index in [1.807, 2.05) is 0 Å². The Bertz CT molecular complexity index is 533. The van der Waals surface area contributed by atoms with Gasteiger partial charge < -0.3 is 4.57 Å². The lowest BCUT2D eigenvalue weighted by Crippen LogP contribution is -2.18. The average Bonchev–Trinajstić information content (AvgIpc) is 2.78. The minimum absolute atomic E-state index is 0.670. The topological polar surface area (TPSA) is 17.8 Å². The fourth-order valence-electron chi connectivity index (χ4n) is 3.25. The summed E-state index contributed by atoms with van der Waals surface area (Å²) in [6, 6.07) is 9.24. The second kappa shape index (κ2) is 4.75. The van der Waals surface area contributed by atoms with E-state index in [-0.39, 0.29) is 0 Å². The fraction of sp³-hybridized carbons (Fsp3) is 0.562. The van der Waals surface area contributed by atoms with Gasteiger partial charge in [0.2, 0.25) is 0 Å². The number of para-hydroxylation sites is 2. The van der Waals surface area contributed by atoms with Crippen LogP contribution < -0.4 is 0 Å². The molecule has 0 radical (unpaired) electrons. The van der Waals surface area contributed by atoms with E-state index in [0.717, 1.165) is 17.9 Å². The maximum absolute atomic E-state index is 4.79. The van der Waals surface area contributed by atoms with Crippen molar-refractivity contribution in [2.45, 2.75) is 52.0 Å². The number of nitrogens with zero attached hydrogens (tertiary/aromatic N) is 2. The Morgan fingerprint density at radius 2 is 1.89 bits per heavy atom. The highest BCUT2D eigenvalue weighted by atomic mass is 15.1. The van der Waals surface area contributed by atoms with Gasteiger partial charge in [0.25, 0.3) is 0 Å². The van der Waals surface area contributed by atoms with E-state index in [4.69, 9.17) is 4.98 Å². The lowest BCUT2D eigenvalue weighted by molar-refractivity contribution is 0.289. The predicted molar refractivity (Wildman–Crippen MR) is 75.8 cm³/mol. The van der Waals surface area contributed by atoms with Crippen molar-refractivity contribution >= 4 is 11.0 Å². The largest absolute Gasteiger partial charge is 0.325 e. The third kappa shape index (κ3) is 1.94. The van der Waals surface area contributed by atoms with E-state index >= 15 is 0 Å². The van der Waals surface area contributed by atoms with Crippen LogP contribution in [-0.4, -0.2) is 9.55 Å². The fourth-order valence-corrected chi connectivity index (χ4v) is 3.25. The second-order valence-electron chi connectivity index (χ2n) is 5.65. The van der Waals surface area contributed by atoms with Gasteiger partial charge >= 0.3 is 0 Å². The molecule has 1 saturated carbocycles. The molecule has 0 atom stereocenters. The standard InChI is InChI=1S/C16H22N2/c1-3-16-17-14-6-4-5-7-15(14)18(16)13-10-8-12(2)9-11-13/h4-7,12-13H,3,8-11H2,1-2H3. The van der Waals surface area contributed by atoms with Gasteiger partial charge in [0.15, 0.2) is 0 Å². The maximum atomic E-state index is 4.79. The number of rotatable bonds is 2. The molecule has 2 aromatic rings. The highest BCUT2D eigenvalue weighted by Gasteiger charge is 2.23. The predicted octanol–water partition coefficient (Wildman–Crippen LogP) is 4.35. The van der Waals surface area contributed by atoms with Crippen molar-refractivity contribution < 1.29 is 0 Å². The van der Waals surface area contributed by atoms with Gasteiger partial charge in [-0.15, -0.1) is 0 Å². The summed E-state index contributed by atoms with van der Waals surface area (Å²) in [6.45, 7) is 4.59. The summed E-state index contributed by atoms with van der Waals surface area (Å²) in [5.41, 5.74) is 2.49. The van der Waals surface area contributed by atoms with Crippen molar-refractivity contribution in [3.8, 4) is 0 Å². The summed E-state index contributed by atoms with van der Waals surface area (Å²) in [4.78, 5) is 4.79. The molecule has 1 aliphatic carbocycles. The number of hydrogen-bond donors (Lipinski definition) is 0. The van der Waals surface area contributed by atoms with Gasteiger partial charge in [0.05, 0.1) is 11.0 Å². The van der Waals surface area contributed by atoms with Gasteiger partial charge in [-0.2, -0.15) is 0 Å². The van der Waals surface area contributed by atoms with E-state index in [1.165, 1.54) is 37.0 Å². The molecule has 1 aliphatic rings. The molecule has 0 amide bonds. The SMILES string of the molecule is CCc1nc2ccccc2n1C1CCC(C)CC1. The zero-order chi connectivity index (χ0) is 12.5. The normalized spacial score (nSPS) is 24.6. The Kier molecular flexibility index (Phi) is 3.11. The monoisotopic (exact) mass is 242 g/mol. The van der Waals surface area contributed by atoms with Gasteiger partial charge in [0.1, 0.15) is 5.82 Å². The molecular weight excluding hydrogens is 220 g/mol. The van der Waals surface area contributed by atoms with Gasteiger partial charge in [-0.05, 0) is 43.7 Å². The first-order valence-electron chi connectivity index (χ1n) is 7.25. The zero-order valence-corrected chi connectivity index (χ0v) is 11.4. The third-order valence-electron chi connectivity index (χ3n) is 4.34. The van der Waals surface area contributed by atoms with Crippen LogP contribution in [0.4, 0.5) is 0 Å². The van der Waals surface area contributed by atoms with Crippen LogP contribution in [0.15, 0.2) is 24.3 Å². The molecule has 96 valence electrons. The maximum Gasteiger partial charge on any atom is 0.109 e. The number of aryl methyl sites for hydroxylation is 1. The first-order valence-corrected chi connectivity index (χ1v) is 7.25. The van der Waals surface area contributed by atoms with Gasteiger partial charge in [-0.3, -0.25) is 0 Å². The quantitative estimate of drug-likeness (QED) is 0.765. The first-order chi connectivity index (χ1) is 8.79. The van der Waals surface area contributed by atoms with Crippen molar-refractivity contribution in [1.29, 1.82) is 0 Å². The Labute approximate surface area is 109 Å². The Morgan fingerprint density at radius 1 is 1.17 bits per heavy atom. The number of hydrogen-bond acceptors (Lipinski definition) is 1. The number of fused-ring (bicyclic) bond motifs is 1. The molecule has 18 heavy (non-hydrogen) atoms. The Balaban J connectivity index is 2.04. The molecule has 0 saturated heterocycles. The molecular formula is C16H22N2. The highest BCUT2D eigenvalue weighted by molar-refractivity contribution is 5.76. The summed E-state index contributed by atoms with van der Waals surface area (Å²) in [5.74, 6) is 2.16. The van der Waals surface area contributed by atoms with Gasteiger partial charge in [-0.1, -0.05) is 26.0 Å². The van der Waals surface area contributed by atoms with E-state index in [0.29, 0.717) is 6.04 Å². The van der Waals surface area contributed by atoms with Crippen molar-refractivity contribution in [3.05, 3.63) is 30.1 Å². The first kappa shape index (κ1) is 11.8. The summed E-state index contributed by atoms with van der Waals surface area (Å²) in [7, 11) is 0. The molecule has 0 unspecified atom stereocenters. The van der Waals surface area contributed by atoms with E-state index < -0.39 is 0 Å². The average molecular weight is 242 g/mol. The van der Waals surface area contributed by atoms with Crippen LogP contribution in [0, 0.1) is 5.92 Å². The van der Waals surface area contributed by atoms with Crippen molar-refractivity contribution in [2.24, 2.45) is 5.92 Å². The smallest absolute Gasteiger partial charge is 0.109 e. The summed E-state index contributed by atoms with van der Waals surface area (Å²) in [6.07, 6.45) is 6.38. The van der Waals surface area contributed by atoms with Crippen LogP contribution in [-0.2, 0) is 6.42 Å². The molecule has 2 nitrogen and oxygen atoms in total. The molecule has 0 N–H and O–H groups in total. The van der Waals surface area contributed by atoms with E-state index in [2.05, 4.69) is 42.7 Å². The lowest BCUT2D eigenvalue weighted by Gasteiger charge is -2.29. The van der Waals surface area contributed by atoms with Crippen LogP contribution in [0.25, 0.3) is 11.0 Å². The van der Waals surface area contributed by atoms with Gasteiger partial charge in [0, 0.05) is 12.5 Å². The summed E-state index contributed by atoms with van der Waals surface area (Å²) < 4.78 is 2.52. The highest BCUT2D eigenvalue weighted by Crippen LogP contribution is 2.35. The number of aromatic nitrogens is 2. The summed E-state index contributed by atoms with van der Waals surface area (Å²) in [5, 5.41) is 0. The molecule has 0 aliphatic heterocycles. The van der Waals surface area contributed by atoms with E-state index in [9.17, 15) is 0 Å². The van der Waals surface area contributed by atoms with Crippen LogP contribution in [0.1, 0.15) is 51.4 Å². The van der Waals surface area contributed by atoms with Crippen molar-refractivity contribution in [3.63, 3.8) is 0 Å². The summed E-state index contributed by atoms with van der Waals surface area (Å²) >= 11 is 0. The van der Waals surface area contributed by atoms with E-state index in [1.54, 1.807) is 0 Å². The van der Waals surface area contributed by atoms with Gasteiger partial charge in [-0.25, -0.2) is 4.98 Å². The van der Waals surface area contributed by atoms with Crippen LogP contribution in [0.2, 0.25) is 0 Å². The van der Waals surface area contributed by atoms with Crippen LogP contribution in [0.3, 0.4) is 0 Å². The minimum Gasteiger partial charge on any atom is -0.325 e. The third-order valence-corrected chi connectivity index (χ3v) is 4.34. The van der Waals surface area contributed by atoms with Crippen molar-refractivity contribution in [1.82, 2.24) is 9.55 Å². The molecule has 1 heterocycles. The second-order valence-corrected chi connectivity index (χ2v) is 5.65. The minimum atomic E-state index is 0.670. The lowest BCUT2D eigenvalue weighted by atomic mass is 9.87. The molecule has 0 bridgehead atoms. The Morgan fingerprint density at radius 3 is 2.61 bits per heavy atom. The van der Waals surface area contributed by atoms with Crippen molar-refractivity contribution in [2.75, 3.05) is 0 Å². The number of benzene rings is 1. The molecule has 1 aromatic heterocycles. The van der Waals surface area contributed by atoms with Crippen LogP contribution >= 0.6 is 0 Å². The molecule has 0 spiro atoms. The molecule has 3 rings (SSSR count). The Hall–Kier alpha value is -1.31. The molecule has 1 fully saturated rings. The zero-order valence-electron chi connectivity index (χ0n) is 11.4. The van der Waals surface area contributed by atoms with Crippen LogP contribution in [0.5, 0.6) is 0 Å². The molecule has 2 heteroatoms. The number of imidazole rings is 1.